The molecule has 4 rings (SSSR count). The quantitative estimate of drug-likeness (QED) is 0.867. The van der Waals surface area contributed by atoms with Crippen LogP contribution in [0.5, 0.6) is 0 Å². The molecule has 3 atom stereocenters. The van der Waals surface area contributed by atoms with Crippen molar-refractivity contribution in [3.05, 3.63) is 24.2 Å². The molecule has 1 aromatic heterocycles. The van der Waals surface area contributed by atoms with E-state index in [2.05, 4.69) is 29.0 Å². The Bertz CT molecular complexity index is 567. The molecule has 0 unspecified atom stereocenters. The fourth-order valence-electron chi connectivity index (χ4n) is 4.57. The highest BCUT2D eigenvalue weighted by atomic mass is 16.3. The normalized spacial score (nSPS) is 30.9. The van der Waals surface area contributed by atoms with Gasteiger partial charge in [-0.1, -0.05) is 0 Å². The molecule has 1 saturated carbocycles. The third-order valence-electron chi connectivity index (χ3n) is 5.87. The van der Waals surface area contributed by atoms with Crippen LogP contribution in [-0.4, -0.2) is 53.5 Å². The highest BCUT2D eigenvalue weighted by Crippen LogP contribution is 2.38. The highest BCUT2D eigenvalue weighted by Gasteiger charge is 2.49. The van der Waals surface area contributed by atoms with Gasteiger partial charge in [0.15, 0.2) is 0 Å². The van der Waals surface area contributed by atoms with Gasteiger partial charge in [0.25, 0.3) is 0 Å². The van der Waals surface area contributed by atoms with Crippen LogP contribution < -0.4 is 5.32 Å². The van der Waals surface area contributed by atoms with Crippen molar-refractivity contribution >= 4 is 5.91 Å². The minimum absolute atomic E-state index is 0.0597. The first-order valence-electron chi connectivity index (χ1n) is 9.41. The maximum atomic E-state index is 12.7. The Morgan fingerprint density at radius 3 is 2.88 bits per heavy atom. The second-order valence-electron chi connectivity index (χ2n) is 8.08. The van der Waals surface area contributed by atoms with Gasteiger partial charge in [-0.2, -0.15) is 0 Å². The number of rotatable bonds is 6. The number of nitrogens with one attached hydrogen (secondary N) is 1. The summed E-state index contributed by atoms with van der Waals surface area (Å²) in [7, 11) is 0. The third kappa shape index (κ3) is 3.24. The number of likely N-dealkylation sites (tertiary alicyclic amines) is 2. The van der Waals surface area contributed by atoms with E-state index in [0.29, 0.717) is 18.0 Å². The molecule has 5 heteroatoms. The maximum absolute atomic E-state index is 12.7. The predicted molar refractivity (Wildman–Crippen MR) is 92.4 cm³/mol. The molecular formula is C19H29N3O2. The fraction of sp³-hybridized carbons (Fsp3) is 0.737. The summed E-state index contributed by atoms with van der Waals surface area (Å²) in [4.78, 5) is 17.6. The van der Waals surface area contributed by atoms with E-state index in [1.165, 1.54) is 12.8 Å². The summed E-state index contributed by atoms with van der Waals surface area (Å²) in [5, 5.41) is 3.20. The SMILES string of the molecule is CC(C)N1[C@H](C(=O)NCC2CC2)C[C@@H]2CN(Cc3ccco3)C[C@@H]21. The van der Waals surface area contributed by atoms with E-state index in [4.69, 9.17) is 4.42 Å². The molecule has 0 radical (unpaired) electrons. The minimum atomic E-state index is 0.0597. The summed E-state index contributed by atoms with van der Waals surface area (Å²) in [6.45, 7) is 8.31. The molecule has 0 bridgehead atoms. The van der Waals surface area contributed by atoms with Crippen molar-refractivity contribution in [2.45, 2.75) is 57.8 Å². The van der Waals surface area contributed by atoms with Crippen LogP contribution in [0, 0.1) is 11.8 Å². The van der Waals surface area contributed by atoms with E-state index in [1.807, 2.05) is 12.1 Å². The van der Waals surface area contributed by atoms with Crippen molar-refractivity contribution in [2.75, 3.05) is 19.6 Å². The number of carbonyl (C=O) groups excluding carboxylic acids is 1. The largest absolute Gasteiger partial charge is 0.468 e. The summed E-state index contributed by atoms with van der Waals surface area (Å²) in [6, 6.07) is 4.95. The Kier molecular flexibility index (Phi) is 4.39. The molecule has 1 amide bonds. The lowest BCUT2D eigenvalue weighted by Crippen LogP contribution is -2.50. The molecule has 0 spiro atoms. The van der Waals surface area contributed by atoms with Crippen LogP contribution in [0.3, 0.4) is 0 Å². The van der Waals surface area contributed by atoms with E-state index < -0.39 is 0 Å². The second kappa shape index (κ2) is 6.52. The van der Waals surface area contributed by atoms with Gasteiger partial charge in [-0.3, -0.25) is 14.6 Å². The van der Waals surface area contributed by atoms with Crippen molar-refractivity contribution < 1.29 is 9.21 Å². The van der Waals surface area contributed by atoms with Gasteiger partial charge in [0, 0.05) is 31.7 Å². The van der Waals surface area contributed by atoms with Crippen LogP contribution in [0.2, 0.25) is 0 Å². The van der Waals surface area contributed by atoms with E-state index in [0.717, 1.165) is 44.3 Å². The zero-order chi connectivity index (χ0) is 16.7. The molecule has 1 aromatic rings. The Balaban J connectivity index is 1.39. The van der Waals surface area contributed by atoms with Crippen LogP contribution in [-0.2, 0) is 11.3 Å². The molecule has 1 aliphatic carbocycles. The topological polar surface area (TPSA) is 48.7 Å². The Labute approximate surface area is 144 Å². The monoisotopic (exact) mass is 331 g/mol. The van der Waals surface area contributed by atoms with Crippen molar-refractivity contribution in [3.8, 4) is 0 Å². The Hall–Kier alpha value is -1.33. The molecule has 2 aliphatic heterocycles. The molecule has 2 saturated heterocycles. The second-order valence-corrected chi connectivity index (χ2v) is 8.08. The number of hydrogen-bond acceptors (Lipinski definition) is 4. The molecule has 132 valence electrons. The van der Waals surface area contributed by atoms with Gasteiger partial charge in [0.05, 0.1) is 18.8 Å². The molecule has 3 aliphatic rings. The number of furan rings is 1. The summed E-state index contributed by atoms with van der Waals surface area (Å²) in [5.41, 5.74) is 0. The van der Waals surface area contributed by atoms with Crippen LogP contribution >= 0.6 is 0 Å². The zero-order valence-electron chi connectivity index (χ0n) is 14.8. The van der Waals surface area contributed by atoms with Gasteiger partial charge in [-0.05, 0) is 57.1 Å². The maximum Gasteiger partial charge on any atom is 0.237 e. The molecule has 1 N–H and O–H groups in total. The van der Waals surface area contributed by atoms with Crippen molar-refractivity contribution in [2.24, 2.45) is 11.8 Å². The first kappa shape index (κ1) is 16.2. The standard InChI is InChI=1S/C19H29N3O2/c1-13(2)22-17(19(23)20-9-14-5-6-14)8-15-10-21(12-18(15)22)11-16-4-3-7-24-16/h3-4,7,13-15,17-18H,5-6,8-12H2,1-2H3,(H,20,23)/t15-,17+,18+/m1/s1. The molecule has 3 heterocycles. The van der Waals surface area contributed by atoms with E-state index in [9.17, 15) is 4.79 Å². The number of fused-ring (bicyclic) bond motifs is 1. The third-order valence-corrected chi connectivity index (χ3v) is 5.87. The van der Waals surface area contributed by atoms with Gasteiger partial charge in [0.1, 0.15) is 5.76 Å². The molecule has 5 nitrogen and oxygen atoms in total. The minimum Gasteiger partial charge on any atom is -0.468 e. The van der Waals surface area contributed by atoms with Crippen LogP contribution in [0.15, 0.2) is 22.8 Å². The Morgan fingerprint density at radius 1 is 1.38 bits per heavy atom. The van der Waals surface area contributed by atoms with Crippen LogP contribution in [0.25, 0.3) is 0 Å². The summed E-state index contributed by atoms with van der Waals surface area (Å²) >= 11 is 0. The van der Waals surface area contributed by atoms with Crippen molar-refractivity contribution in [1.29, 1.82) is 0 Å². The summed E-state index contributed by atoms with van der Waals surface area (Å²) in [5.74, 6) is 2.62. The van der Waals surface area contributed by atoms with Gasteiger partial charge < -0.3 is 9.73 Å². The first-order valence-corrected chi connectivity index (χ1v) is 9.41. The van der Waals surface area contributed by atoms with Crippen molar-refractivity contribution in [1.82, 2.24) is 15.1 Å². The van der Waals surface area contributed by atoms with Gasteiger partial charge in [0.2, 0.25) is 5.91 Å². The lowest BCUT2D eigenvalue weighted by molar-refractivity contribution is -0.126. The van der Waals surface area contributed by atoms with Gasteiger partial charge in [-0.15, -0.1) is 0 Å². The molecule has 0 aromatic carbocycles. The van der Waals surface area contributed by atoms with Crippen LogP contribution in [0.1, 0.15) is 38.9 Å². The number of carbonyl (C=O) groups is 1. The van der Waals surface area contributed by atoms with Gasteiger partial charge >= 0.3 is 0 Å². The lowest BCUT2D eigenvalue weighted by Gasteiger charge is -2.33. The fourth-order valence-corrected chi connectivity index (χ4v) is 4.57. The highest BCUT2D eigenvalue weighted by molar-refractivity contribution is 5.82. The van der Waals surface area contributed by atoms with Crippen LogP contribution in [0.4, 0.5) is 0 Å². The van der Waals surface area contributed by atoms with Gasteiger partial charge in [-0.25, -0.2) is 0 Å². The Morgan fingerprint density at radius 2 is 2.21 bits per heavy atom. The smallest absolute Gasteiger partial charge is 0.237 e. The van der Waals surface area contributed by atoms with E-state index in [-0.39, 0.29) is 11.9 Å². The summed E-state index contributed by atoms with van der Waals surface area (Å²) < 4.78 is 5.49. The lowest BCUT2D eigenvalue weighted by atomic mass is 10.0. The number of hydrogen-bond donors (Lipinski definition) is 1. The molecule has 24 heavy (non-hydrogen) atoms. The summed E-state index contributed by atoms with van der Waals surface area (Å²) in [6.07, 6.45) is 5.30. The molecular weight excluding hydrogens is 302 g/mol. The first-order chi connectivity index (χ1) is 11.6. The average Bonchev–Trinajstić information content (AvgIpc) is 2.93. The van der Waals surface area contributed by atoms with E-state index >= 15 is 0 Å². The van der Waals surface area contributed by atoms with E-state index in [1.54, 1.807) is 6.26 Å². The number of amides is 1. The molecule has 3 fully saturated rings. The number of nitrogens with zero attached hydrogens (tertiary/aromatic N) is 2. The average molecular weight is 331 g/mol. The van der Waals surface area contributed by atoms with Crippen molar-refractivity contribution in [3.63, 3.8) is 0 Å². The predicted octanol–water partition coefficient (Wildman–Crippen LogP) is 2.09. The zero-order valence-corrected chi connectivity index (χ0v) is 14.8.